The van der Waals surface area contributed by atoms with Crippen LogP contribution in [-0.2, 0) is 4.79 Å². The smallest absolute Gasteiger partial charge is 0.258 e. The fraction of sp³-hybridized carbons (Fsp3) is 0.636. The molecule has 6 rings (SSSR count). The van der Waals surface area contributed by atoms with Crippen LogP contribution in [0.15, 0.2) is 18.2 Å². The van der Waals surface area contributed by atoms with Crippen LogP contribution in [-0.4, -0.2) is 42.6 Å². The molecule has 0 aromatic heterocycles. The van der Waals surface area contributed by atoms with E-state index in [1.54, 1.807) is 25.3 Å². The van der Waals surface area contributed by atoms with Crippen molar-refractivity contribution in [1.29, 1.82) is 0 Å². The second kappa shape index (κ2) is 6.68. The van der Waals surface area contributed by atoms with Crippen LogP contribution in [0.5, 0.6) is 11.5 Å². The number of carbonyl (C=O) groups is 2. The fourth-order valence-corrected chi connectivity index (χ4v) is 5.77. The first-order chi connectivity index (χ1) is 13.6. The van der Waals surface area contributed by atoms with Crippen molar-refractivity contribution >= 4 is 11.8 Å². The number of ether oxygens (including phenoxy) is 2. The number of nitrogens with zero attached hydrogens (tertiary/aromatic N) is 1. The first-order valence-corrected chi connectivity index (χ1v) is 10.6. The van der Waals surface area contributed by atoms with Crippen molar-refractivity contribution in [2.75, 3.05) is 20.2 Å². The predicted molar refractivity (Wildman–Crippen MR) is 103 cm³/mol. The van der Waals surface area contributed by atoms with Crippen molar-refractivity contribution in [3.63, 3.8) is 0 Å². The van der Waals surface area contributed by atoms with Crippen LogP contribution < -0.4 is 14.8 Å². The number of nitrogens with one attached hydrogen (secondary N) is 1. The molecule has 5 aliphatic rings. The standard InChI is InChI=1S/C22H28N2O4/c1-27-16-7-8-17-19(12-16)28-22(23-20(17)25)13-14-5-6-15(22)11-18(14)21(26)24-9-3-2-4-10-24/h7-8,12,14-15,18H,2-6,9-11,13H2,1H3,(H,23,25)/t14-,15+,18-,22+/m0/s1. The van der Waals surface area contributed by atoms with Gasteiger partial charge in [0.25, 0.3) is 5.91 Å². The molecular formula is C22H28N2O4. The van der Waals surface area contributed by atoms with Crippen molar-refractivity contribution in [1.82, 2.24) is 10.2 Å². The molecule has 4 atom stereocenters. The third kappa shape index (κ3) is 2.76. The van der Waals surface area contributed by atoms with Crippen LogP contribution in [0.2, 0.25) is 0 Å². The van der Waals surface area contributed by atoms with E-state index in [9.17, 15) is 9.59 Å². The van der Waals surface area contributed by atoms with Gasteiger partial charge in [0.05, 0.1) is 12.7 Å². The van der Waals surface area contributed by atoms with E-state index in [4.69, 9.17) is 9.47 Å². The molecule has 1 spiro atoms. The van der Waals surface area contributed by atoms with Gasteiger partial charge in [-0.25, -0.2) is 0 Å². The number of rotatable bonds is 2. The molecule has 1 saturated heterocycles. The summed E-state index contributed by atoms with van der Waals surface area (Å²) < 4.78 is 11.8. The van der Waals surface area contributed by atoms with E-state index in [0.717, 1.165) is 45.2 Å². The van der Waals surface area contributed by atoms with Crippen molar-refractivity contribution in [2.45, 2.75) is 50.7 Å². The molecule has 3 saturated carbocycles. The summed E-state index contributed by atoms with van der Waals surface area (Å²) in [4.78, 5) is 28.0. The summed E-state index contributed by atoms with van der Waals surface area (Å²) in [7, 11) is 1.61. The van der Waals surface area contributed by atoms with Crippen molar-refractivity contribution < 1.29 is 19.1 Å². The molecule has 6 nitrogen and oxygen atoms in total. The lowest BCUT2D eigenvalue weighted by atomic mass is 9.59. The van der Waals surface area contributed by atoms with Gasteiger partial charge in [-0.2, -0.15) is 0 Å². The average molecular weight is 384 g/mol. The Morgan fingerprint density at radius 1 is 1.25 bits per heavy atom. The van der Waals surface area contributed by atoms with E-state index in [0.29, 0.717) is 29.4 Å². The Labute approximate surface area is 165 Å². The molecule has 2 bridgehead atoms. The summed E-state index contributed by atoms with van der Waals surface area (Å²) in [5, 5.41) is 3.17. The SMILES string of the molecule is COc1ccc2c(c1)O[C@@]1(C[C@@H]3CC[C@@H]1C[C@@H]3C(=O)N1CCCCC1)NC2=O. The third-order valence-corrected chi connectivity index (χ3v) is 7.25. The number of benzene rings is 1. The Hall–Kier alpha value is -2.24. The molecule has 6 heteroatoms. The minimum absolute atomic E-state index is 0.0784. The quantitative estimate of drug-likeness (QED) is 0.851. The van der Waals surface area contributed by atoms with Crippen LogP contribution in [0.4, 0.5) is 0 Å². The van der Waals surface area contributed by atoms with Gasteiger partial charge in [0.1, 0.15) is 11.5 Å². The lowest BCUT2D eigenvalue weighted by Gasteiger charge is -2.55. The van der Waals surface area contributed by atoms with Crippen molar-refractivity contribution in [3.8, 4) is 11.5 Å². The largest absolute Gasteiger partial charge is 0.497 e. The lowest BCUT2D eigenvalue weighted by molar-refractivity contribution is -0.156. The molecule has 1 N–H and O–H groups in total. The van der Waals surface area contributed by atoms with Gasteiger partial charge in [-0.1, -0.05) is 0 Å². The Morgan fingerprint density at radius 2 is 2.07 bits per heavy atom. The maximum atomic E-state index is 13.1. The number of hydrogen-bond donors (Lipinski definition) is 1. The van der Waals surface area contributed by atoms with Crippen LogP contribution in [0.25, 0.3) is 0 Å². The molecule has 1 aromatic carbocycles. The monoisotopic (exact) mass is 384 g/mol. The number of likely N-dealkylation sites (tertiary alicyclic amines) is 1. The highest BCUT2D eigenvalue weighted by Gasteiger charge is 2.57. The van der Waals surface area contributed by atoms with E-state index >= 15 is 0 Å². The molecule has 150 valence electrons. The summed E-state index contributed by atoms with van der Waals surface area (Å²) in [5.41, 5.74) is -0.133. The van der Waals surface area contributed by atoms with Crippen molar-refractivity contribution in [3.05, 3.63) is 23.8 Å². The number of methoxy groups -OCH3 is 1. The topological polar surface area (TPSA) is 67.9 Å². The molecule has 0 radical (unpaired) electrons. The van der Waals surface area contributed by atoms with E-state index in [1.807, 2.05) is 0 Å². The number of carbonyl (C=O) groups excluding carboxylic acids is 2. The van der Waals surface area contributed by atoms with Crippen LogP contribution in [0.3, 0.4) is 0 Å². The molecule has 2 amide bonds. The number of piperidine rings is 1. The molecule has 2 aliphatic heterocycles. The van der Waals surface area contributed by atoms with Gasteiger partial charge in [0, 0.05) is 37.4 Å². The zero-order valence-electron chi connectivity index (χ0n) is 16.4. The van der Waals surface area contributed by atoms with Gasteiger partial charge in [-0.3, -0.25) is 9.59 Å². The van der Waals surface area contributed by atoms with Crippen LogP contribution >= 0.6 is 0 Å². The molecule has 4 fully saturated rings. The molecule has 0 unspecified atom stereocenters. The lowest BCUT2D eigenvalue weighted by Crippen LogP contribution is -2.67. The first-order valence-electron chi connectivity index (χ1n) is 10.6. The number of hydrogen-bond acceptors (Lipinski definition) is 4. The second-order valence-electron chi connectivity index (χ2n) is 8.77. The summed E-state index contributed by atoms with van der Waals surface area (Å²) in [6.45, 7) is 1.80. The molecule has 1 aromatic rings. The zero-order chi connectivity index (χ0) is 19.3. The predicted octanol–water partition coefficient (Wildman–Crippen LogP) is 2.96. The highest BCUT2D eigenvalue weighted by atomic mass is 16.5. The maximum Gasteiger partial charge on any atom is 0.258 e. The molecule has 28 heavy (non-hydrogen) atoms. The van der Waals surface area contributed by atoms with Gasteiger partial charge in [0.2, 0.25) is 5.91 Å². The summed E-state index contributed by atoms with van der Waals surface area (Å²) in [6, 6.07) is 5.33. The number of fused-ring (bicyclic) bond motifs is 3. The van der Waals surface area contributed by atoms with Gasteiger partial charge >= 0.3 is 0 Å². The normalized spacial score (nSPS) is 33.8. The fourth-order valence-electron chi connectivity index (χ4n) is 5.77. The van der Waals surface area contributed by atoms with Crippen LogP contribution in [0.1, 0.15) is 55.3 Å². The molecule has 3 aliphatic carbocycles. The number of amides is 2. The summed E-state index contributed by atoms with van der Waals surface area (Å²) in [6.07, 6.45) is 7.02. The second-order valence-corrected chi connectivity index (χ2v) is 8.77. The van der Waals surface area contributed by atoms with E-state index in [1.165, 1.54) is 6.42 Å². The summed E-state index contributed by atoms with van der Waals surface area (Å²) in [5.74, 6) is 2.03. The van der Waals surface area contributed by atoms with Gasteiger partial charge in [-0.05, 0) is 56.6 Å². The third-order valence-electron chi connectivity index (χ3n) is 7.25. The van der Waals surface area contributed by atoms with E-state index in [2.05, 4.69) is 10.2 Å². The first kappa shape index (κ1) is 17.8. The summed E-state index contributed by atoms with van der Waals surface area (Å²) >= 11 is 0. The average Bonchev–Trinajstić information content (AvgIpc) is 2.73. The Balaban J connectivity index is 1.38. The molecular weight excluding hydrogens is 356 g/mol. The Bertz CT molecular complexity index is 804. The van der Waals surface area contributed by atoms with E-state index < -0.39 is 5.72 Å². The zero-order valence-corrected chi connectivity index (χ0v) is 16.4. The van der Waals surface area contributed by atoms with Crippen molar-refractivity contribution in [2.24, 2.45) is 17.8 Å². The van der Waals surface area contributed by atoms with Gasteiger partial charge < -0.3 is 19.7 Å². The minimum atomic E-state index is -0.682. The minimum Gasteiger partial charge on any atom is -0.497 e. The molecule has 2 heterocycles. The Morgan fingerprint density at radius 3 is 2.79 bits per heavy atom. The maximum absolute atomic E-state index is 13.1. The van der Waals surface area contributed by atoms with Gasteiger partial charge in [-0.15, -0.1) is 0 Å². The van der Waals surface area contributed by atoms with E-state index in [-0.39, 0.29) is 23.7 Å². The highest BCUT2D eigenvalue weighted by molar-refractivity contribution is 5.98. The highest BCUT2D eigenvalue weighted by Crippen LogP contribution is 2.53. The van der Waals surface area contributed by atoms with Gasteiger partial charge in [0.15, 0.2) is 5.72 Å². The Kier molecular flexibility index (Phi) is 4.25. The van der Waals surface area contributed by atoms with Crippen LogP contribution in [0, 0.1) is 17.8 Å².